The van der Waals surface area contributed by atoms with Gasteiger partial charge in [0.15, 0.2) is 23.7 Å². The number of anilines is 1. The van der Waals surface area contributed by atoms with Crippen molar-refractivity contribution in [2.45, 2.75) is 0 Å². The maximum Gasteiger partial charge on any atom is 0.211 e. The van der Waals surface area contributed by atoms with Crippen LogP contribution in [-0.2, 0) is 10.0 Å². The van der Waals surface area contributed by atoms with Gasteiger partial charge in [0, 0.05) is 31.7 Å². The van der Waals surface area contributed by atoms with Crippen LogP contribution < -0.4 is 9.64 Å². The van der Waals surface area contributed by atoms with Gasteiger partial charge in [-0.15, -0.1) is 0 Å². The van der Waals surface area contributed by atoms with Gasteiger partial charge in [0.1, 0.15) is 5.69 Å². The molecule has 146 valence electrons. The number of carbonyl (C=O) groups excluding carboxylic acids is 1. The Bertz CT molecular complexity index is 1020. The zero-order valence-corrected chi connectivity index (χ0v) is 16.3. The molecule has 3 rings (SSSR count). The van der Waals surface area contributed by atoms with Crippen LogP contribution in [0.25, 0.3) is 11.3 Å². The molecule has 10 heteroatoms. The molecule has 1 aliphatic heterocycles. The van der Waals surface area contributed by atoms with Crippen molar-refractivity contribution in [3.05, 3.63) is 35.7 Å². The Morgan fingerprint density at radius 2 is 1.79 bits per heavy atom. The summed E-state index contributed by atoms with van der Waals surface area (Å²) < 4.78 is 30.4. The SMILES string of the molecule is COc1c(-c2ccc(C#N)cc2)nc(C=O)nc1N1CCN(S(C)(=O)=O)CC1. The molecule has 0 aliphatic carbocycles. The Hall–Kier alpha value is -3.03. The van der Waals surface area contributed by atoms with Crippen molar-refractivity contribution in [3.63, 3.8) is 0 Å². The highest BCUT2D eigenvalue weighted by Crippen LogP contribution is 2.36. The summed E-state index contributed by atoms with van der Waals surface area (Å²) in [4.78, 5) is 21.8. The van der Waals surface area contributed by atoms with Crippen molar-refractivity contribution >= 4 is 22.1 Å². The molecule has 1 fully saturated rings. The van der Waals surface area contributed by atoms with E-state index >= 15 is 0 Å². The zero-order chi connectivity index (χ0) is 20.3. The number of benzene rings is 1. The van der Waals surface area contributed by atoms with Crippen molar-refractivity contribution in [2.24, 2.45) is 0 Å². The van der Waals surface area contributed by atoms with E-state index in [0.29, 0.717) is 60.9 Å². The van der Waals surface area contributed by atoms with Crippen molar-refractivity contribution in [1.82, 2.24) is 14.3 Å². The summed E-state index contributed by atoms with van der Waals surface area (Å²) in [6.07, 6.45) is 1.74. The minimum absolute atomic E-state index is 0.000650. The number of nitrogens with zero attached hydrogens (tertiary/aromatic N) is 5. The molecule has 0 amide bonds. The number of methoxy groups -OCH3 is 1. The molecular formula is C18H19N5O4S. The molecule has 0 unspecified atom stereocenters. The van der Waals surface area contributed by atoms with Gasteiger partial charge >= 0.3 is 0 Å². The van der Waals surface area contributed by atoms with Crippen LogP contribution in [0, 0.1) is 11.3 Å². The van der Waals surface area contributed by atoms with Crippen molar-refractivity contribution in [1.29, 1.82) is 5.26 Å². The molecule has 28 heavy (non-hydrogen) atoms. The Kier molecular flexibility index (Phi) is 5.58. The Morgan fingerprint density at radius 3 is 2.29 bits per heavy atom. The van der Waals surface area contributed by atoms with E-state index in [0.717, 1.165) is 0 Å². The van der Waals surface area contributed by atoms with E-state index in [-0.39, 0.29) is 5.82 Å². The summed E-state index contributed by atoms with van der Waals surface area (Å²) in [6, 6.07) is 8.81. The average Bonchev–Trinajstić information content (AvgIpc) is 2.72. The van der Waals surface area contributed by atoms with Crippen LogP contribution >= 0.6 is 0 Å². The second-order valence-corrected chi connectivity index (χ2v) is 8.23. The first-order valence-electron chi connectivity index (χ1n) is 8.49. The second-order valence-electron chi connectivity index (χ2n) is 6.24. The second kappa shape index (κ2) is 7.92. The van der Waals surface area contributed by atoms with Crippen LogP contribution in [-0.4, -0.2) is 68.5 Å². The van der Waals surface area contributed by atoms with E-state index < -0.39 is 10.0 Å². The lowest BCUT2D eigenvalue weighted by Gasteiger charge is -2.34. The molecular weight excluding hydrogens is 382 g/mol. The third kappa shape index (κ3) is 3.95. The van der Waals surface area contributed by atoms with E-state index in [4.69, 9.17) is 10.00 Å². The Morgan fingerprint density at radius 1 is 1.14 bits per heavy atom. The number of sulfonamides is 1. The van der Waals surface area contributed by atoms with Gasteiger partial charge in [-0.05, 0) is 12.1 Å². The van der Waals surface area contributed by atoms with Gasteiger partial charge in [0.2, 0.25) is 10.0 Å². The van der Waals surface area contributed by atoms with Gasteiger partial charge in [0.05, 0.1) is 25.0 Å². The maximum absolute atomic E-state index is 11.7. The number of carbonyl (C=O) groups is 1. The van der Waals surface area contributed by atoms with Crippen molar-refractivity contribution < 1.29 is 17.9 Å². The summed E-state index contributed by atoms with van der Waals surface area (Å²) in [7, 11) is -1.77. The monoisotopic (exact) mass is 401 g/mol. The van der Waals surface area contributed by atoms with Gasteiger partial charge in [-0.25, -0.2) is 18.4 Å². The van der Waals surface area contributed by atoms with Gasteiger partial charge in [-0.1, -0.05) is 12.1 Å². The number of hydrogen-bond donors (Lipinski definition) is 0. The lowest BCUT2D eigenvalue weighted by atomic mass is 10.1. The summed E-state index contributed by atoms with van der Waals surface area (Å²) in [5.74, 6) is 0.830. The predicted molar refractivity (Wildman–Crippen MR) is 103 cm³/mol. The summed E-state index contributed by atoms with van der Waals surface area (Å²) in [5, 5.41) is 8.97. The number of nitriles is 1. The highest BCUT2D eigenvalue weighted by molar-refractivity contribution is 7.88. The molecule has 0 spiro atoms. The number of aldehydes is 1. The van der Waals surface area contributed by atoms with Crippen LogP contribution in [0.4, 0.5) is 5.82 Å². The van der Waals surface area contributed by atoms with Crippen LogP contribution in [0.3, 0.4) is 0 Å². The van der Waals surface area contributed by atoms with Crippen LogP contribution in [0.5, 0.6) is 5.75 Å². The Labute approximate surface area is 163 Å². The first kappa shape index (κ1) is 19.7. The smallest absolute Gasteiger partial charge is 0.211 e. The molecule has 1 saturated heterocycles. The first-order chi connectivity index (χ1) is 13.4. The number of hydrogen-bond acceptors (Lipinski definition) is 8. The van der Waals surface area contributed by atoms with E-state index in [1.807, 2.05) is 4.90 Å². The molecule has 1 aromatic carbocycles. The van der Waals surface area contributed by atoms with Gasteiger partial charge in [0.25, 0.3) is 0 Å². The van der Waals surface area contributed by atoms with E-state index in [2.05, 4.69) is 16.0 Å². The van der Waals surface area contributed by atoms with Crippen LogP contribution in [0.1, 0.15) is 16.2 Å². The Balaban J connectivity index is 2.02. The van der Waals surface area contributed by atoms with E-state index in [9.17, 15) is 13.2 Å². The third-order valence-electron chi connectivity index (χ3n) is 4.47. The molecule has 1 aromatic heterocycles. The number of aromatic nitrogens is 2. The van der Waals surface area contributed by atoms with Crippen LogP contribution in [0.15, 0.2) is 24.3 Å². The minimum Gasteiger partial charge on any atom is -0.491 e. The van der Waals surface area contributed by atoms with Crippen molar-refractivity contribution in [3.8, 4) is 23.1 Å². The quantitative estimate of drug-likeness (QED) is 0.679. The lowest BCUT2D eigenvalue weighted by molar-refractivity contribution is 0.111. The third-order valence-corrected chi connectivity index (χ3v) is 5.77. The first-order valence-corrected chi connectivity index (χ1v) is 10.3. The largest absolute Gasteiger partial charge is 0.491 e. The topological polar surface area (TPSA) is 116 Å². The molecule has 0 bridgehead atoms. The fraction of sp³-hybridized carbons (Fsp3) is 0.333. The van der Waals surface area contributed by atoms with Gasteiger partial charge < -0.3 is 9.64 Å². The highest BCUT2D eigenvalue weighted by Gasteiger charge is 2.28. The summed E-state index contributed by atoms with van der Waals surface area (Å²) >= 11 is 0. The fourth-order valence-corrected chi connectivity index (χ4v) is 3.87. The minimum atomic E-state index is -3.26. The summed E-state index contributed by atoms with van der Waals surface area (Å²) in [5.41, 5.74) is 1.62. The average molecular weight is 401 g/mol. The van der Waals surface area contributed by atoms with E-state index in [1.165, 1.54) is 17.7 Å². The number of ether oxygens (including phenoxy) is 1. The molecule has 1 aliphatic rings. The molecule has 2 aromatic rings. The standard InChI is InChI=1S/C18H19N5O4S/c1-27-17-16(14-5-3-13(11-19)4-6-14)20-15(12-24)21-18(17)22-7-9-23(10-8-22)28(2,25)26/h3-6,12H,7-10H2,1-2H3. The zero-order valence-electron chi connectivity index (χ0n) is 15.5. The normalized spacial score (nSPS) is 15.1. The number of piperazine rings is 1. The molecule has 0 atom stereocenters. The highest BCUT2D eigenvalue weighted by atomic mass is 32.2. The van der Waals surface area contributed by atoms with Gasteiger partial charge in [-0.3, -0.25) is 4.79 Å². The van der Waals surface area contributed by atoms with Crippen LogP contribution in [0.2, 0.25) is 0 Å². The number of rotatable bonds is 5. The molecule has 2 heterocycles. The predicted octanol–water partition coefficient (Wildman–Crippen LogP) is 0.918. The van der Waals surface area contributed by atoms with Gasteiger partial charge in [-0.2, -0.15) is 9.57 Å². The fourth-order valence-electron chi connectivity index (χ4n) is 3.04. The summed E-state index contributed by atoms with van der Waals surface area (Å²) in [6.45, 7) is 1.44. The lowest BCUT2D eigenvalue weighted by Crippen LogP contribution is -2.48. The van der Waals surface area contributed by atoms with E-state index in [1.54, 1.807) is 24.3 Å². The van der Waals surface area contributed by atoms with Crippen molar-refractivity contribution in [2.75, 3.05) is 44.4 Å². The maximum atomic E-state index is 11.7. The molecule has 0 radical (unpaired) electrons. The molecule has 9 nitrogen and oxygen atoms in total. The molecule has 0 saturated carbocycles. The molecule has 0 N–H and O–H groups in total.